The van der Waals surface area contributed by atoms with Gasteiger partial charge in [-0.15, -0.1) is 0 Å². The third-order valence-corrected chi connectivity index (χ3v) is 2.22. The minimum atomic E-state index is -0.000000000000000222. The highest BCUT2D eigenvalue weighted by Crippen LogP contribution is 2.12. The molecule has 0 heterocycles. The maximum Gasteiger partial charge on any atom is 0.138 e. The second-order valence-electron chi connectivity index (χ2n) is 2.64. The maximum absolute atomic E-state index is 11.2. The third kappa shape index (κ3) is 2.87. The van der Waals surface area contributed by atoms with Gasteiger partial charge >= 0.3 is 0 Å². The quantitative estimate of drug-likeness (QED) is 0.502. The molecule has 0 saturated carbocycles. The number of carbonyl (C=O) groups is 1. The monoisotopic (exact) mass is 202 g/mol. The van der Waals surface area contributed by atoms with E-state index >= 15 is 0 Å². The van der Waals surface area contributed by atoms with Crippen LogP contribution in [0.4, 0.5) is 0 Å². The van der Waals surface area contributed by atoms with Gasteiger partial charge in [0.05, 0.1) is 7.85 Å². The molecule has 56 valence electrons. The Bertz CT molecular complexity index is 110. The van der Waals surface area contributed by atoms with Crippen LogP contribution in [0.1, 0.15) is 13.8 Å². The first-order valence-electron chi connectivity index (χ1n) is 3.43. The van der Waals surface area contributed by atoms with Crippen molar-refractivity contribution < 1.29 is 4.79 Å². The molecule has 0 N–H and O–H groups in total. The Morgan fingerprint density at radius 3 is 2.20 bits per heavy atom. The topological polar surface area (TPSA) is 17.1 Å². The molecule has 1 unspecified atom stereocenters. The Morgan fingerprint density at radius 1 is 1.60 bits per heavy atom. The molecular formula is C7H12BBrO. The number of alkyl halides is 1. The van der Waals surface area contributed by atoms with Crippen molar-refractivity contribution >= 4 is 29.6 Å². The molecule has 10 heavy (non-hydrogen) atoms. The van der Waals surface area contributed by atoms with Crippen LogP contribution in [0.3, 0.4) is 0 Å². The lowest BCUT2D eigenvalue weighted by molar-refractivity contribution is -0.124. The summed E-state index contributed by atoms with van der Waals surface area (Å²) in [6.45, 7) is 3.79. The number of hydrogen-bond acceptors (Lipinski definition) is 1. The highest BCUT2D eigenvalue weighted by atomic mass is 79.9. The van der Waals surface area contributed by atoms with Crippen LogP contribution < -0.4 is 0 Å². The molecule has 1 nitrogen and oxygen atoms in total. The van der Waals surface area contributed by atoms with E-state index in [4.69, 9.17) is 7.85 Å². The van der Waals surface area contributed by atoms with Gasteiger partial charge in [0.15, 0.2) is 0 Å². The van der Waals surface area contributed by atoms with Gasteiger partial charge < -0.3 is 0 Å². The highest BCUT2D eigenvalue weighted by Gasteiger charge is 2.16. The van der Waals surface area contributed by atoms with Gasteiger partial charge in [0.2, 0.25) is 0 Å². The minimum Gasteiger partial charge on any atom is -0.299 e. The summed E-state index contributed by atoms with van der Waals surface area (Å²) in [5, 5.41) is 0.681. The second kappa shape index (κ2) is 4.94. The average Bonchev–Trinajstić information content (AvgIpc) is 1.90. The summed E-state index contributed by atoms with van der Waals surface area (Å²) >= 11 is 3.24. The van der Waals surface area contributed by atoms with Crippen molar-refractivity contribution in [2.24, 2.45) is 11.8 Å². The lowest BCUT2D eigenvalue weighted by atomic mass is 9.85. The molecule has 0 aromatic carbocycles. The zero-order chi connectivity index (χ0) is 8.15. The fourth-order valence-electron chi connectivity index (χ4n) is 0.727. The fraction of sp³-hybridized carbons (Fsp3) is 0.857. The van der Waals surface area contributed by atoms with E-state index in [0.717, 1.165) is 0 Å². The highest BCUT2D eigenvalue weighted by molar-refractivity contribution is 9.09. The van der Waals surface area contributed by atoms with Crippen molar-refractivity contribution in [2.45, 2.75) is 20.2 Å². The Hall–Kier alpha value is 0.215. The number of Topliss-reactive ketones (excluding diaryl/α,β-unsaturated/α-hetero) is 1. The standard InChI is InChI=1S/C7H12BBrO/c1-5(2)7(10)6(3-8)4-9/h5-6H,3-4H2,1-2H3. The lowest BCUT2D eigenvalue weighted by Crippen LogP contribution is -2.20. The summed E-state index contributed by atoms with van der Waals surface area (Å²) in [4.78, 5) is 11.2. The first kappa shape index (κ1) is 10.2. The summed E-state index contributed by atoms with van der Waals surface area (Å²) in [5.74, 6) is 0.352. The van der Waals surface area contributed by atoms with Crippen LogP contribution in [0, 0.1) is 11.8 Å². The Labute approximate surface area is 72.1 Å². The molecule has 2 radical (unpaired) electrons. The molecule has 0 aromatic heterocycles. The Kier molecular flexibility index (Phi) is 5.05. The minimum absolute atomic E-state index is 0.000000000000000222. The van der Waals surface area contributed by atoms with Gasteiger partial charge in [0.1, 0.15) is 5.78 Å². The molecule has 0 aliphatic heterocycles. The van der Waals surface area contributed by atoms with Crippen LogP contribution in [-0.2, 0) is 4.79 Å². The Morgan fingerprint density at radius 2 is 2.10 bits per heavy atom. The predicted molar refractivity (Wildman–Crippen MR) is 47.7 cm³/mol. The van der Waals surface area contributed by atoms with Crippen molar-refractivity contribution in [2.75, 3.05) is 5.33 Å². The van der Waals surface area contributed by atoms with Crippen molar-refractivity contribution in [3.63, 3.8) is 0 Å². The summed E-state index contributed by atoms with van der Waals surface area (Å²) in [6, 6.07) is 0. The smallest absolute Gasteiger partial charge is 0.138 e. The van der Waals surface area contributed by atoms with Gasteiger partial charge in [-0.25, -0.2) is 0 Å². The Balaban J connectivity index is 3.89. The van der Waals surface area contributed by atoms with Gasteiger partial charge in [-0.2, -0.15) is 0 Å². The van der Waals surface area contributed by atoms with Gasteiger partial charge in [-0.3, -0.25) is 4.79 Å². The molecule has 1 atom stereocenters. The van der Waals surface area contributed by atoms with Gasteiger partial charge in [0, 0.05) is 17.2 Å². The molecule has 0 rings (SSSR count). The van der Waals surface area contributed by atoms with E-state index in [1.807, 2.05) is 13.8 Å². The number of rotatable bonds is 4. The van der Waals surface area contributed by atoms with Crippen LogP contribution >= 0.6 is 15.9 Å². The average molecular weight is 203 g/mol. The molecule has 0 spiro atoms. The fourth-order valence-corrected chi connectivity index (χ4v) is 1.31. The van der Waals surface area contributed by atoms with Crippen LogP contribution in [0.5, 0.6) is 0 Å². The van der Waals surface area contributed by atoms with Gasteiger partial charge in [-0.1, -0.05) is 36.1 Å². The van der Waals surface area contributed by atoms with Crippen molar-refractivity contribution in [3.8, 4) is 0 Å². The maximum atomic E-state index is 11.2. The van der Waals surface area contributed by atoms with Crippen LogP contribution in [0.15, 0.2) is 0 Å². The number of ketones is 1. The molecule has 0 fully saturated rings. The van der Waals surface area contributed by atoms with Crippen molar-refractivity contribution in [1.29, 1.82) is 0 Å². The SMILES string of the molecule is [B]CC(CBr)C(=O)C(C)C. The lowest BCUT2D eigenvalue weighted by Gasteiger charge is -2.12. The van der Waals surface area contributed by atoms with E-state index in [1.165, 1.54) is 0 Å². The van der Waals surface area contributed by atoms with E-state index in [-0.39, 0.29) is 17.6 Å². The van der Waals surface area contributed by atoms with Crippen LogP contribution in [0.25, 0.3) is 0 Å². The zero-order valence-electron chi connectivity index (χ0n) is 6.43. The third-order valence-electron chi connectivity index (χ3n) is 1.44. The summed E-state index contributed by atoms with van der Waals surface area (Å²) < 4.78 is 0. The molecule has 3 heteroatoms. The van der Waals surface area contributed by atoms with E-state index < -0.39 is 0 Å². The number of hydrogen-bond donors (Lipinski definition) is 0. The summed E-state index contributed by atoms with van der Waals surface area (Å²) in [6.07, 6.45) is 0.447. The van der Waals surface area contributed by atoms with Crippen molar-refractivity contribution in [3.05, 3.63) is 0 Å². The first-order chi connectivity index (χ1) is 4.63. The van der Waals surface area contributed by atoms with E-state index in [9.17, 15) is 4.79 Å². The largest absolute Gasteiger partial charge is 0.299 e. The zero-order valence-corrected chi connectivity index (χ0v) is 8.02. The molecule has 0 aliphatic rings. The van der Waals surface area contributed by atoms with Gasteiger partial charge in [0.25, 0.3) is 0 Å². The van der Waals surface area contributed by atoms with Crippen LogP contribution in [-0.4, -0.2) is 19.0 Å². The molecule has 0 amide bonds. The summed E-state index contributed by atoms with van der Waals surface area (Å²) in [7, 11) is 5.37. The molecule has 0 aromatic rings. The van der Waals surface area contributed by atoms with Gasteiger partial charge in [-0.05, 0) is 0 Å². The second-order valence-corrected chi connectivity index (χ2v) is 3.29. The molecule has 0 saturated heterocycles. The molecule has 0 bridgehead atoms. The molecular weight excluding hydrogens is 191 g/mol. The van der Waals surface area contributed by atoms with E-state index in [0.29, 0.717) is 11.7 Å². The summed E-state index contributed by atoms with van der Waals surface area (Å²) in [5.41, 5.74) is 0. The van der Waals surface area contributed by atoms with E-state index in [2.05, 4.69) is 15.9 Å². The van der Waals surface area contributed by atoms with E-state index in [1.54, 1.807) is 0 Å². The number of carbonyl (C=O) groups excluding carboxylic acids is 1. The molecule has 0 aliphatic carbocycles. The predicted octanol–water partition coefficient (Wildman–Crippen LogP) is 1.81. The van der Waals surface area contributed by atoms with Crippen LogP contribution in [0.2, 0.25) is 6.32 Å². The van der Waals surface area contributed by atoms with Crippen molar-refractivity contribution in [1.82, 2.24) is 0 Å². The normalized spacial score (nSPS) is 13.6. The number of halogens is 1. The first-order valence-corrected chi connectivity index (χ1v) is 4.55.